The van der Waals surface area contributed by atoms with E-state index in [-0.39, 0.29) is 17.6 Å². The van der Waals surface area contributed by atoms with Crippen molar-refractivity contribution in [2.45, 2.75) is 31.8 Å². The molecule has 2 amide bonds. The van der Waals surface area contributed by atoms with Crippen LogP contribution in [0.25, 0.3) is 0 Å². The summed E-state index contributed by atoms with van der Waals surface area (Å²) in [6.07, 6.45) is 1.54. The SMILES string of the molecule is Cc1ccc2c(c1)C(=O)CC1(CCN(C(=O)Nc3ccc(F)cc3)CC1)O2. The lowest BCUT2D eigenvalue weighted by Crippen LogP contribution is -2.53. The predicted octanol–water partition coefficient (Wildman–Crippen LogP) is 4.17. The number of anilines is 1. The Morgan fingerprint density at radius 3 is 2.56 bits per heavy atom. The molecule has 2 heterocycles. The number of aryl methyl sites for hydroxylation is 1. The normalized spacial score (nSPS) is 18.0. The summed E-state index contributed by atoms with van der Waals surface area (Å²) in [5, 5.41) is 2.77. The molecule has 1 fully saturated rings. The first-order chi connectivity index (χ1) is 12.9. The Kier molecular flexibility index (Phi) is 4.34. The van der Waals surface area contributed by atoms with E-state index in [1.807, 2.05) is 25.1 Å². The van der Waals surface area contributed by atoms with Gasteiger partial charge < -0.3 is 15.0 Å². The molecule has 2 aromatic carbocycles. The van der Waals surface area contributed by atoms with Crippen molar-refractivity contribution in [1.29, 1.82) is 0 Å². The highest BCUT2D eigenvalue weighted by Crippen LogP contribution is 2.39. The third-order valence-corrected chi connectivity index (χ3v) is 5.30. The Balaban J connectivity index is 1.41. The van der Waals surface area contributed by atoms with Crippen LogP contribution in [0.1, 0.15) is 35.2 Å². The summed E-state index contributed by atoms with van der Waals surface area (Å²) in [4.78, 5) is 26.7. The van der Waals surface area contributed by atoms with Gasteiger partial charge in [0.15, 0.2) is 5.78 Å². The number of urea groups is 1. The summed E-state index contributed by atoms with van der Waals surface area (Å²) in [5.74, 6) is 0.396. The molecule has 2 aromatic rings. The van der Waals surface area contributed by atoms with E-state index >= 15 is 0 Å². The van der Waals surface area contributed by atoms with Crippen molar-refractivity contribution < 1.29 is 18.7 Å². The maximum absolute atomic E-state index is 13.0. The van der Waals surface area contributed by atoms with Gasteiger partial charge in [-0.3, -0.25) is 4.79 Å². The summed E-state index contributed by atoms with van der Waals surface area (Å²) in [6, 6.07) is 11.1. The average Bonchev–Trinajstić information content (AvgIpc) is 2.65. The Morgan fingerprint density at radius 2 is 1.85 bits per heavy atom. The number of fused-ring (bicyclic) bond motifs is 1. The molecule has 1 spiro atoms. The van der Waals surface area contributed by atoms with Gasteiger partial charge in [0.1, 0.15) is 17.2 Å². The van der Waals surface area contributed by atoms with Crippen LogP contribution in [0.15, 0.2) is 42.5 Å². The molecule has 1 saturated heterocycles. The van der Waals surface area contributed by atoms with Crippen LogP contribution in [0.2, 0.25) is 0 Å². The average molecular weight is 368 g/mol. The van der Waals surface area contributed by atoms with E-state index in [0.717, 1.165) is 5.56 Å². The first-order valence-corrected chi connectivity index (χ1v) is 9.09. The highest BCUT2D eigenvalue weighted by Gasteiger charge is 2.43. The molecule has 4 rings (SSSR count). The number of ether oxygens (including phenoxy) is 1. The molecular weight excluding hydrogens is 347 g/mol. The lowest BCUT2D eigenvalue weighted by molar-refractivity contribution is 0.000367. The van der Waals surface area contributed by atoms with E-state index in [4.69, 9.17) is 4.74 Å². The van der Waals surface area contributed by atoms with Crippen LogP contribution in [0.3, 0.4) is 0 Å². The second kappa shape index (κ2) is 6.68. The monoisotopic (exact) mass is 368 g/mol. The van der Waals surface area contributed by atoms with Gasteiger partial charge in [-0.1, -0.05) is 11.6 Å². The highest BCUT2D eigenvalue weighted by molar-refractivity contribution is 6.00. The number of Topliss-reactive ketones (excluding diaryl/α,β-unsaturated/α-hetero) is 1. The minimum atomic E-state index is -0.536. The third kappa shape index (κ3) is 3.52. The second-order valence-corrected chi connectivity index (χ2v) is 7.31. The number of hydrogen-bond acceptors (Lipinski definition) is 3. The summed E-state index contributed by atoms with van der Waals surface area (Å²) >= 11 is 0. The van der Waals surface area contributed by atoms with Gasteiger partial charge in [-0.05, 0) is 43.3 Å². The largest absolute Gasteiger partial charge is 0.486 e. The maximum Gasteiger partial charge on any atom is 0.321 e. The number of carbonyl (C=O) groups excluding carboxylic acids is 2. The first-order valence-electron chi connectivity index (χ1n) is 9.09. The number of halogens is 1. The van der Waals surface area contributed by atoms with Crippen molar-refractivity contribution in [2.75, 3.05) is 18.4 Å². The minimum absolute atomic E-state index is 0.101. The van der Waals surface area contributed by atoms with Crippen molar-refractivity contribution in [3.63, 3.8) is 0 Å². The van der Waals surface area contributed by atoms with E-state index in [9.17, 15) is 14.0 Å². The van der Waals surface area contributed by atoms with Gasteiger partial charge in [0, 0.05) is 31.6 Å². The zero-order chi connectivity index (χ0) is 19.0. The standard InChI is InChI=1S/C21H21FN2O3/c1-14-2-7-19-17(12-14)18(25)13-21(27-19)8-10-24(11-9-21)20(26)23-16-5-3-15(22)4-6-16/h2-7,12H,8-11,13H2,1H3,(H,23,26). The van der Waals surface area contributed by atoms with Gasteiger partial charge in [0.2, 0.25) is 0 Å². The molecule has 2 aliphatic heterocycles. The number of ketones is 1. The zero-order valence-electron chi connectivity index (χ0n) is 15.1. The fourth-order valence-corrected chi connectivity index (χ4v) is 3.74. The van der Waals surface area contributed by atoms with Crippen LogP contribution in [-0.2, 0) is 0 Å². The molecular formula is C21H21FN2O3. The predicted molar refractivity (Wildman–Crippen MR) is 99.7 cm³/mol. The fourth-order valence-electron chi connectivity index (χ4n) is 3.74. The van der Waals surface area contributed by atoms with E-state index < -0.39 is 5.60 Å². The summed E-state index contributed by atoms with van der Waals surface area (Å²) in [7, 11) is 0. The molecule has 0 aromatic heterocycles. The molecule has 2 aliphatic rings. The summed E-state index contributed by atoms with van der Waals surface area (Å²) in [5.41, 5.74) is 1.70. The second-order valence-electron chi connectivity index (χ2n) is 7.31. The Labute approximate surface area is 157 Å². The molecule has 27 heavy (non-hydrogen) atoms. The van der Waals surface area contributed by atoms with E-state index in [1.165, 1.54) is 24.3 Å². The van der Waals surface area contributed by atoms with Crippen LogP contribution in [0.5, 0.6) is 5.75 Å². The van der Waals surface area contributed by atoms with Crippen molar-refractivity contribution >= 4 is 17.5 Å². The fraction of sp³-hybridized carbons (Fsp3) is 0.333. The zero-order valence-corrected chi connectivity index (χ0v) is 15.1. The number of carbonyl (C=O) groups is 2. The van der Waals surface area contributed by atoms with Crippen LogP contribution in [0.4, 0.5) is 14.9 Å². The molecule has 6 heteroatoms. The lowest BCUT2D eigenvalue weighted by atomic mass is 9.82. The number of rotatable bonds is 1. The van der Waals surface area contributed by atoms with E-state index in [1.54, 1.807) is 4.90 Å². The van der Waals surface area contributed by atoms with Crippen LogP contribution < -0.4 is 10.1 Å². The van der Waals surface area contributed by atoms with Crippen LogP contribution >= 0.6 is 0 Å². The molecule has 5 nitrogen and oxygen atoms in total. The molecule has 0 unspecified atom stereocenters. The number of nitrogens with zero attached hydrogens (tertiary/aromatic N) is 1. The summed E-state index contributed by atoms with van der Waals surface area (Å²) in [6.45, 7) is 2.96. The van der Waals surface area contributed by atoms with Gasteiger partial charge in [-0.25, -0.2) is 9.18 Å². The molecule has 140 valence electrons. The van der Waals surface area contributed by atoms with Gasteiger partial charge in [0.05, 0.1) is 12.0 Å². The smallest absolute Gasteiger partial charge is 0.321 e. The maximum atomic E-state index is 13.0. The van der Waals surface area contributed by atoms with Gasteiger partial charge in [-0.2, -0.15) is 0 Å². The molecule has 0 bridgehead atoms. The Morgan fingerprint density at radius 1 is 1.15 bits per heavy atom. The van der Waals surface area contributed by atoms with Gasteiger partial charge in [-0.15, -0.1) is 0 Å². The third-order valence-electron chi connectivity index (χ3n) is 5.30. The van der Waals surface area contributed by atoms with Crippen molar-refractivity contribution in [2.24, 2.45) is 0 Å². The number of likely N-dealkylation sites (tertiary alicyclic amines) is 1. The Hall–Kier alpha value is -2.89. The van der Waals surface area contributed by atoms with Crippen LogP contribution in [0, 0.1) is 12.7 Å². The molecule has 1 N–H and O–H groups in total. The molecule has 0 aliphatic carbocycles. The summed E-state index contributed by atoms with van der Waals surface area (Å²) < 4.78 is 19.2. The van der Waals surface area contributed by atoms with Crippen molar-refractivity contribution in [1.82, 2.24) is 4.90 Å². The van der Waals surface area contributed by atoms with Gasteiger partial charge in [0.25, 0.3) is 0 Å². The molecule has 0 saturated carbocycles. The molecule has 0 radical (unpaired) electrons. The number of amides is 2. The number of hydrogen-bond donors (Lipinski definition) is 1. The van der Waals surface area contributed by atoms with Gasteiger partial charge >= 0.3 is 6.03 Å². The lowest BCUT2D eigenvalue weighted by Gasteiger charge is -2.43. The quantitative estimate of drug-likeness (QED) is 0.822. The number of nitrogens with one attached hydrogen (secondary N) is 1. The minimum Gasteiger partial charge on any atom is -0.486 e. The topological polar surface area (TPSA) is 58.6 Å². The van der Waals surface area contributed by atoms with E-state index in [2.05, 4.69) is 5.32 Å². The number of piperidine rings is 1. The highest BCUT2D eigenvalue weighted by atomic mass is 19.1. The first kappa shape index (κ1) is 17.5. The Bertz CT molecular complexity index is 887. The van der Waals surface area contributed by atoms with E-state index in [0.29, 0.717) is 49.4 Å². The number of benzene rings is 2. The van der Waals surface area contributed by atoms with Crippen molar-refractivity contribution in [3.05, 3.63) is 59.4 Å². The van der Waals surface area contributed by atoms with Crippen molar-refractivity contribution in [3.8, 4) is 5.75 Å². The molecule has 0 atom stereocenters. The van der Waals surface area contributed by atoms with Crippen LogP contribution in [-0.4, -0.2) is 35.4 Å².